The summed E-state index contributed by atoms with van der Waals surface area (Å²) in [5.74, 6) is -0.272. The van der Waals surface area contributed by atoms with Gasteiger partial charge in [-0.05, 0) is 33.3 Å². The maximum atomic E-state index is 13.5. The van der Waals surface area contributed by atoms with Gasteiger partial charge < -0.3 is 9.67 Å². The minimum absolute atomic E-state index is 0.136. The van der Waals surface area contributed by atoms with E-state index in [1.807, 2.05) is 43.5 Å². The largest absolute Gasteiger partial charge is 0.871 e. The number of carbonyl (C=O) groups is 1. The van der Waals surface area contributed by atoms with Crippen molar-refractivity contribution in [3.63, 3.8) is 0 Å². The molecule has 0 unspecified atom stereocenters. The van der Waals surface area contributed by atoms with Gasteiger partial charge in [0.25, 0.3) is 0 Å². The molecule has 0 spiro atoms. The number of hydrogen-bond acceptors (Lipinski definition) is 2. The van der Waals surface area contributed by atoms with E-state index in [1.54, 1.807) is 0 Å². The highest BCUT2D eigenvalue weighted by molar-refractivity contribution is 6.41. The van der Waals surface area contributed by atoms with Crippen molar-refractivity contribution in [2.75, 3.05) is 7.05 Å². The molecule has 192 valence electrons. The Morgan fingerprint density at radius 1 is 0.973 bits per heavy atom. The Morgan fingerprint density at radius 2 is 1.65 bits per heavy atom. The summed E-state index contributed by atoms with van der Waals surface area (Å²) in [6, 6.07) is 16.5. The van der Waals surface area contributed by atoms with Gasteiger partial charge in [0.15, 0.2) is 11.5 Å². The number of unbranched alkanes of at least 4 members (excludes halogenated alkanes) is 5. The Morgan fingerprint density at radius 3 is 2.38 bits per heavy atom. The molecule has 2 aromatic carbocycles. The van der Waals surface area contributed by atoms with Crippen molar-refractivity contribution < 1.29 is 14.5 Å². The zero-order chi connectivity index (χ0) is 26.3. The van der Waals surface area contributed by atoms with Crippen LogP contribution in [0.4, 0.5) is 5.69 Å². The van der Waals surface area contributed by atoms with Gasteiger partial charge in [-0.1, -0.05) is 81.2 Å². The number of allylic oxidation sites excluding steroid dienone is 3. The van der Waals surface area contributed by atoms with Gasteiger partial charge in [0.2, 0.25) is 5.69 Å². The van der Waals surface area contributed by atoms with Crippen LogP contribution in [-0.4, -0.2) is 27.7 Å². The number of aromatic nitrogens is 1. The highest BCUT2D eigenvalue weighted by Gasteiger charge is 2.44. The molecule has 5 rings (SSSR count). The second-order valence-electron chi connectivity index (χ2n) is 11.1. The van der Waals surface area contributed by atoms with Gasteiger partial charge in [-0.25, -0.2) is 0 Å². The predicted octanol–water partition coefficient (Wildman–Crippen LogP) is 6.60. The molecule has 3 aromatic rings. The lowest BCUT2D eigenvalue weighted by Crippen LogP contribution is -2.33. The van der Waals surface area contributed by atoms with Gasteiger partial charge in [0.05, 0.1) is 5.41 Å². The molecule has 1 aliphatic carbocycles. The van der Waals surface area contributed by atoms with Gasteiger partial charge in [-0.3, -0.25) is 4.79 Å². The molecule has 1 aliphatic heterocycles. The molecule has 37 heavy (non-hydrogen) atoms. The van der Waals surface area contributed by atoms with E-state index in [1.165, 1.54) is 37.7 Å². The first kappa shape index (κ1) is 25.3. The first-order valence-electron chi connectivity index (χ1n) is 13.8. The third-order valence-electron chi connectivity index (χ3n) is 8.38. The SMILES string of the molecule is CCCCCCCCn1c(C)c(C2=C([O-])/C(=C\C3=[N+](C)c4ccccc4C3(C)C)C2=O)c2ccccc21. The quantitative estimate of drug-likeness (QED) is 0.191. The summed E-state index contributed by atoms with van der Waals surface area (Å²) in [5, 5.41) is 14.5. The average Bonchev–Trinajstić information content (AvgIpc) is 3.27. The third kappa shape index (κ3) is 4.07. The number of rotatable bonds is 9. The van der Waals surface area contributed by atoms with Crippen LogP contribution in [-0.2, 0) is 16.8 Å². The number of Topliss-reactive ketones (excluding diaryl/α,β-unsaturated/α-hetero) is 1. The van der Waals surface area contributed by atoms with E-state index in [-0.39, 0.29) is 17.0 Å². The monoisotopic (exact) mass is 494 g/mol. The summed E-state index contributed by atoms with van der Waals surface area (Å²) in [6.07, 6.45) is 9.24. The fraction of sp³-hybridized carbons (Fsp3) is 0.394. The van der Waals surface area contributed by atoms with E-state index in [2.05, 4.69) is 55.0 Å². The number of nitrogens with zero attached hydrogens (tertiary/aromatic N) is 2. The van der Waals surface area contributed by atoms with Crippen LogP contribution < -0.4 is 5.11 Å². The standard InChI is InChI=1S/C33H38N2O2/c1-6-7-8-9-10-15-20-35-22(2)29(23-16-11-13-18-26(23)35)30-31(36)24(32(30)37)21-28-33(3,4)25-17-12-14-19-27(25)34(28)5/h11-14,16-19,21H,6-10,15,20H2,1-5H3. The van der Waals surface area contributed by atoms with Gasteiger partial charge in [-0.15, -0.1) is 0 Å². The average molecular weight is 495 g/mol. The summed E-state index contributed by atoms with van der Waals surface area (Å²) >= 11 is 0. The zero-order valence-corrected chi connectivity index (χ0v) is 22.9. The molecular weight excluding hydrogens is 456 g/mol. The fourth-order valence-electron chi connectivity index (χ4n) is 6.25. The molecule has 0 fully saturated rings. The maximum absolute atomic E-state index is 13.5. The van der Waals surface area contributed by atoms with Crippen molar-refractivity contribution in [1.82, 2.24) is 4.57 Å². The number of carbonyl (C=O) groups excluding carboxylic acids is 1. The fourth-order valence-corrected chi connectivity index (χ4v) is 6.25. The van der Waals surface area contributed by atoms with Gasteiger partial charge in [0.1, 0.15) is 7.05 Å². The number of fused-ring (bicyclic) bond motifs is 2. The van der Waals surface area contributed by atoms with E-state index in [0.717, 1.165) is 46.5 Å². The number of para-hydroxylation sites is 2. The number of benzene rings is 2. The van der Waals surface area contributed by atoms with Crippen molar-refractivity contribution >= 4 is 33.7 Å². The van der Waals surface area contributed by atoms with Crippen LogP contribution in [0.25, 0.3) is 16.5 Å². The van der Waals surface area contributed by atoms with E-state index in [0.29, 0.717) is 11.1 Å². The molecule has 4 heteroatoms. The van der Waals surface area contributed by atoms with E-state index in [9.17, 15) is 9.90 Å². The molecule has 1 aromatic heterocycles. The van der Waals surface area contributed by atoms with Crippen LogP contribution in [0, 0.1) is 6.92 Å². The Balaban J connectivity index is 1.49. The molecule has 0 saturated carbocycles. The topological polar surface area (TPSA) is 48.1 Å². The minimum Gasteiger partial charge on any atom is -0.871 e. The smallest absolute Gasteiger partial charge is 0.209 e. The molecule has 0 amide bonds. The molecule has 0 radical (unpaired) electrons. The van der Waals surface area contributed by atoms with Crippen LogP contribution in [0.5, 0.6) is 0 Å². The highest BCUT2D eigenvalue weighted by atomic mass is 16.3. The Kier molecular flexibility index (Phi) is 6.70. The third-order valence-corrected chi connectivity index (χ3v) is 8.38. The van der Waals surface area contributed by atoms with Crippen LogP contribution in [0.2, 0.25) is 0 Å². The van der Waals surface area contributed by atoms with Crippen molar-refractivity contribution in [2.24, 2.45) is 0 Å². The van der Waals surface area contributed by atoms with E-state index in [4.69, 9.17) is 0 Å². The van der Waals surface area contributed by atoms with Crippen molar-refractivity contribution in [1.29, 1.82) is 0 Å². The van der Waals surface area contributed by atoms with Gasteiger partial charge in [-0.2, -0.15) is 4.58 Å². The van der Waals surface area contributed by atoms with Crippen molar-refractivity contribution in [3.8, 4) is 0 Å². The van der Waals surface area contributed by atoms with Crippen LogP contribution in [0.3, 0.4) is 0 Å². The first-order valence-corrected chi connectivity index (χ1v) is 13.8. The highest BCUT2D eigenvalue weighted by Crippen LogP contribution is 2.43. The summed E-state index contributed by atoms with van der Waals surface area (Å²) in [7, 11) is 2.01. The molecule has 2 aliphatic rings. The molecule has 2 heterocycles. The van der Waals surface area contributed by atoms with Crippen LogP contribution in [0.1, 0.15) is 76.1 Å². The summed E-state index contributed by atoms with van der Waals surface area (Å²) in [6.45, 7) is 9.51. The first-order chi connectivity index (χ1) is 17.8. The Labute approximate surface area is 220 Å². The second-order valence-corrected chi connectivity index (χ2v) is 11.1. The minimum atomic E-state index is -0.280. The summed E-state index contributed by atoms with van der Waals surface area (Å²) < 4.78 is 4.41. The summed E-state index contributed by atoms with van der Waals surface area (Å²) in [5.41, 5.74) is 6.62. The predicted molar refractivity (Wildman–Crippen MR) is 150 cm³/mol. The lowest BCUT2D eigenvalue weighted by molar-refractivity contribution is -0.401. The van der Waals surface area contributed by atoms with E-state index < -0.39 is 0 Å². The normalized spacial score (nSPS) is 17.8. The van der Waals surface area contributed by atoms with Crippen molar-refractivity contribution in [3.05, 3.63) is 82.8 Å². The number of ketones is 1. The van der Waals surface area contributed by atoms with Crippen LogP contribution in [0.15, 0.2) is 65.9 Å². The number of hydrogen-bond donors (Lipinski definition) is 0. The number of aryl methyl sites for hydroxylation is 1. The molecular formula is C33H38N2O2. The maximum Gasteiger partial charge on any atom is 0.209 e. The van der Waals surface area contributed by atoms with Crippen molar-refractivity contribution in [2.45, 2.75) is 78.2 Å². The Hall–Kier alpha value is -3.40. The molecule has 0 saturated heterocycles. The zero-order valence-electron chi connectivity index (χ0n) is 22.9. The van der Waals surface area contributed by atoms with Gasteiger partial charge in [0, 0.05) is 57.6 Å². The van der Waals surface area contributed by atoms with E-state index >= 15 is 0 Å². The molecule has 0 atom stereocenters. The summed E-state index contributed by atoms with van der Waals surface area (Å²) in [4.78, 5) is 13.5. The van der Waals surface area contributed by atoms with Crippen LogP contribution >= 0.6 is 0 Å². The van der Waals surface area contributed by atoms with Gasteiger partial charge >= 0.3 is 0 Å². The molecule has 4 nitrogen and oxygen atoms in total. The Bertz CT molecular complexity index is 1480. The lowest BCUT2D eigenvalue weighted by Gasteiger charge is -2.31. The molecule has 0 N–H and O–H groups in total. The second kappa shape index (κ2) is 9.81. The lowest BCUT2D eigenvalue weighted by atomic mass is 9.77. The molecule has 0 bridgehead atoms.